The molecule has 4 saturated carbocycles. The highest BCUT2D eigenvalue weighted by Crippen LogP contribution is 2.55. The molecule has 4 nitrogen and oxygen atoms in total. The fourth-order valence-corrected chi connectivity index (χ4v) is 5.80. The number of nitrogens with one attached hydrogen (secondary N) is 2. The van der Waals surface area contributed by atoms with E-state index in [1.165, 1.54) is 19.3 Å². The van der Waals surface area contributed by atoms with Crippen molar-refractivity contribution in [2.45, 2.75) is 57.9 Å². The normalized spacial score (nSPS) is 33.3. The van der Waals surface area contributed by atoms with Gasteiger partial charge in [-0.05, 0) is 93.4 Å². The van der Waals surface area contributed by atoms with E-state index in [1.54, 1.807) is 0 Å². The van der Waals surface area contributed by atoms with Crippen LogP contribution in [0.15, 0.2) is 18.2 Å². The van der Waals surface area contributed by atoms with Gasteiger partial charge in [-0.2, -0.15) is 0 Å². The summed E-state index contributed by atoms with van der Waals surface area (Å²) in [5, 5.41) is 5.88. The molecule has 4 heteroatoms. The number of hydrogen-bond donors (Lipinski definition) is 2. The zero-order valence-corrected chi connectivity index (χ0v) is 14.5. The van der Waals surface area contributed by atoms with Crippen molar-refractivity contribution >= 4 is 17.5 Å². The first-order valence-electron chi connectivity index (χ1n) is 9.13. The van der Waals surface area contributed by atoms with Gasteiger partial charge in [0.25, 0.3) is 0 Å². The molecule has 128 valence electrons. The van der Waals surface area contributed by atoms with E-state index in [0.717, 1.165) is 48.1 Å². The lowest BCUT2D eigenvalue weighted by Gasteiger charge is -2.56. The maximum Gasteiger partial charge on any atom is 0.313 e. The minimum Gasteiger partial charge on any atom is -0.342 e. The van der Waals surface area contributed by atoms with Crippen molar-refractivity contribution in [2.24, 2.45) is 17.8 Å². The number of carbonyl (C=O) groups is 2. The Morgan fingerprint density at radius 2 is 1.38 bits per heavy atom. The SMILES string of the molecule is Cc1cc(C)cc(NC(=O)C(=O)NC23CC4CC(CC(C4)C2)C3)c1. The van der Waals surface area contributed by atoms with Crippen LogP contribution in [0.5, 0.6) is 0 Å². The summed E-state index contributed by atoms with van der Waals surface area (Å²) in [4.78, 5) is 24.8. The summed E-state index contributed by atoms with van der Waals surface area (Å²) < 4.78 is 0. The Hall–Kier alpha value is -1.84. The van der Waals surface area contributed by atoms with E-state index in [2.05, 4.69) is 10.6 Å². The summed E-state index contributed by atoms with van der Waals surface area (Å²) in [5.41, 5.74) is 2.72. The Kier molecular flexibility index (Phi) is 3.66. The first kappa shape index (κ1) is 15.7. The van der Waals surface area contributed by atoms with Crippen LogP contribution in [0.2, 0.25) is 0 Å². The third-order valence-corrected chi connectivity index (χ3v) is 6.10. The second-order valence-electron chi connectivity index (χ2n) is 8.48. The standard InChI is InChI=1S/C20H26N2O2/c1-12-3-13(2)5-17(4-12)21-18(23)19(24)22-20-9-14-6-15(10-20)8-16(7-14)11-20/h3-5,14-16H,6-11H2,1-2H3,(H,21,23)(H,22,24). The average Bonchev–Trinajstić information content (AvgIpc) is 2.43. The fourth-order valence-electron chi connectivity index (χ4n) is 5.80. The number of amides is 2. The van der Waals surface area contributed by atoms with Crippen LogP contribution in [0.3, 0.4) is 0 Å². The van der Waals surface area contributed by atoms with Crippen molar-refractivity contribution in [3.63, 3.8) is 0 Å². The summed E-state index contributed by atoms with van der Waals surface area (Å²) in [6, 6.07) is 5.83. The lowest BCUT2D eigenvalue weighted by molar-refractivity contribution is -0.139. The van der Waals surface area contributed by atoms with Crippen LogP contribution in [0.1, 0.15) is 49.7 Å². The molecule has 5 rings (SSSR count). The van der Waals surface area contributed by atoms with Crippen LogP contribution in [0, 0.1) is 31.6 Å². The van der Waals surface area contributed by atoms with Crippen LogP contribution in [-0.2, 0) is 9.59 Å². The van der Waals surface area contributed by atoms with Crippen molar-refractivity contribution in [2.75, 3.05) is 5.32 Å². The lowest BCUT2D eigenvalue weighted by atomic mass is 9.53. The molecule has 0 unspecified atom stereocenters. The zero-order chi connectivity index (χ0) is 16.9. The molecule has 4 aliphatic carbocycles. The molecule has 2 N–H and O–H groups in total. The maximum absolute atomic E-state index is 12.5. The van der Waals surface area contributed by atoms with Crippen molar-refractivity contribution < 1.29 is 9.59 Å². The second kappa shape index (κ2) is 5.61. The number of aryl methyl sites for hydroxylation is 2. The largest absolute Gasteiger partial charge is 0.342 e. The Bertz CT molecular complexity index is 639. The number of anilines is 1. The molecule has 0 heterocycles. The molecule has 0 spiro atoms. The van der Waals surface area contributed by atoms with E-state index in [0.29, 0.717) is 5.69 Å². The van der Waals surface area contributed by atoms with Gasteiger partial charge in [-0.15, -0.1) is 0 Å². The zero-order valence-electron chi connectivity index (χ0n) is 14.5. The molecule has 2 amide bonds. The minimum atomic E-state index is -0.546. The van der Waals surface area contributed by atoms with E-state index < -0.39 is 11.8 Å². The summed E-state index contributed by atoms with van der Waals surface area (Å²) >= 11 is 0. The molecule has 0 aliphatic heterocycles. The van der Waals surface area contributed by atoms with Crippen LogP contribution in [-0.4, -0.2) is 17.4 Å². The predicted molar refractivity (Wildman–Crippen MR) is 93.6 cm³/mol. The fraction of sp³-hybridized carbons (Fsp3) is 0.600. The van der Waals surface area contributed by atoms with Gasteiger partial charge in [-0.25, -0.2) is 0 Å². The van der Waals surface area contributed by atoms with Crippen molar-refractivity contribution in [3.8, 4) is 0 Å². The molecule has 0 saturated heterocycles. The number of benzene rings is 1. The van der Waals surface area contributed by atoms with E-state index in [1.807, 2.05) is 32.0 Å². The number of carbonyl (C=O) groups excluding carboxylic acids is 2. The van der Waals surface area contributed by atoms with Gasteiger partial charge in [0.2, 0.25) is 0 Å². The quantitative estimate of drug-likeness (QED) is 0.819. The van der Waals surface area contributed by atoms with Gasteiger partial charge in [0, 0.05) is 11.2 Å². The highest BCUT2D eigenvalue weighted by atomic mass is 16.2. The van der Waals surface area contributed by atoms with Gasteiger partial charge >= 0.3 is 11.8 Å². The van der Waals surface area contributed by atoms with Crippen molar-refractivity contribution in [1.29, 1.82) is 0 Å². The molecule has 24 heavy (non-hydrogen) atoms. The molecule has 0 radical (unpaired) electrons. The van der Waals surface area contributed by atoms with Crippen LogP contribution >= 0.6 is 0 Å². The molecule has 4 aliphatic rings. The number of hydrogen-bond acceptors (Lipinski definition) is 2. The van der Waals surface area contributed by atoms with E-state index in [4.69, 9.17) is 0 Å². The summed E-state index contributed by atoms with van der Waals surface area (Å²) in [6.07, 6.45) is 7.14. The molecule has 4 fully saturated rings. The van der Waals surface area contributed by atoms with Gasteiger partial charge in [-0.3, -0.25) is 9.59 Å². The monoisotopic (exact) mass is 326 g/mol. The maximum atomic E-state index is 12.5. The Labute approximate surface area is 143 Å². The first-order chi connectivity index (χ1) is 11.4. The molecular formula is C20H26N2O2. The smallest absolute Gasteiger partial charge is 0.313 e. The highest BCUT2D eigenvalue weighted by molar-refractivity contribution is 6.39. The van der Waals surface area contributed by atoms with E-state index in [9.17, 15) is 9.59 Å². The van der Waals surface area contributed by atoms with E-state index >= 15 is 0 Å². The van der Waals surface area contributed by atoms with Gasteiger partial charge in [-0.1, -0.05) is 6.07 Å². The minimum absolute atomic E-state index is 0.119. The molecule has 0 aromatic heterocycles. The van der Waals surface area contributed by atoms with Gasteiger partial charge < -0.3 is 10.6 Å². The lowest BCUT2D eigenvalue weighted by Crippen LogP contribution is -2.61. The average molecular weight is 326 g/mol. The summed E-state index contributed by atoms with van der Waals surface area (Å²) in [6.45, 7) is 3.97. The molecule has 0 atom stereocenters. The third kappa shape index (κ3) is 2.94. The molecule has 1 aromatic rings. The molecular weight excluding hydrogens is 300 g/mol. The Morgan fingerprint density at radius 1 is 0.875 bits per heavy atom. The van der Waals surface area contributed by atoms with Gasteiger partial charge in [0.05, 0.1) is 0 Å². The second-order valence-corrected chi connectivity index (χ2v) is 8.48. The predicted octanol–water partition coefficient (Wildman–Crippen LogP) is 3.33. The van der Waals surface area contributed by atoms with Crippen molar-refractivity contribution in [1.82, 2.24) is 5.32 Å². The summed E-state index contributed by atoms with van der Waals surface area (Å²) in [7, 11) is 0. The topological polar surface area (TPSA) is 58.2 Å². The molecule has 4 bridgehead atoms. The molecule has 1 aromatic carbocycles. The van der Waals surface area contributed by atoms with Crippen LogP contribution in [0.25, 0.3) is 0 Å². The van der Waals surface area contributed by atoms with E-state index in [-0.39, 0.29) is 5.54 Å². The Balaban J connectivity index is 1.43. The first-order valence-corrected chi connectivity index (χ1v) is 9.13. The van der Waals surface area contributed by atoms with Gasteiger partial charge in [0.1, 0.15) is 0 Å². The third-order valence-electron chi connectivity index (χ3n) is 6.10. The number of rotatable bonds is 2. The van der Waals surface area contributed by atoms with Crippen LogP contribution in [0.4, 0.5) is 5.69 Å². The Morgan fingerprint density at radius 3 is 1.88 bits per heavy atom. The van der Waals surface area contributed by atoms with Crippen LogP contribution < -0.4 is 10.6 Å². The van der Waals surface area contributed by atoms with Crippen molar-refractivity contribution in [3.05, 3.63) is 29.3 Å². The highest BCUT2D eigenvalue weighted by Gasteiger charge is 2.51. The van der Waals surface area contributed by atoms with Gasteiger partial charge in [0.15, 0.2) is 0 Å². The summed E-state index contributed by atoms with van der Waals surface area (Å²) in [5.74, 6) is 1.23.